The van der Waals surface area contributed by atoms with Gasteiger partial charge in [-0.1, -0.05) is 0 Å². The number of rotatable bonds is 1. The van der Waals surface area contributed by atoms with Crippen LogP contribution in [0.4, 0.5) is 5.95 Å². The second-order valence-electron chi connectivity index (χ2n) is 2.22. The van der Waals surface area contributed by atoms with E-state index in [1.807, 2.05) is 6.92 Å². The third-order valence-corrected chi connectivity index (χ3v) is 3.19. The molecule has 0 fully saturated rings. The first kappa shape index (κ1) is 7.63. The van der Waals surface area contributed by atoms with E-state index >= 15 is 0 Å². The van der Waals surface area contributed by atoms with E-state index in [1.165, 1.54) is 11.5 Å². The van der Waals surface area contributed by atoms with Crippen molar-refractivity contribution < 1.29 is 0 Å². The zero-order valence-electron chi connectivity index (χ0n) is 6.31. The average Bonchev–Trinajstić information content (AvgIpc) is 2.58. The van der Waals surface area contributed by atoms with E-state index in [2.05, 4.69) is 14.3 Å². The van der Waals surface area contributed by atoms with Gasteiger partial charge in [0.1, 0.15) is 0 Å². The normalized spacial score (nSPS) is 10.4. The van der Waals surface area contributed by atoms with Crippen LogP contribution in [0.2, 0.25) is 0 Å². The van der Waals surface area contributed by atoms with Crippen LogP contribution < -0.4 is 5.73 Å². The Labute approximate surface area is 77.3 Å². The summed E-state index contributed by atoms with van der Waals surface area (Å²) in [6, 6.07) is 0. The predicted octanol–water partition coefficient (Wildman–Crippen LogP) is 1.55. The summed E-state index contributed by atoms with van der Waals surface area (Å²) in [5, 5.41) is 0.854. The Morgan fingerprint density at radius 1 is 1.50 bits per heavy atom. The Hall–Kier alpha value is -1.01. The van der Waals surface area contributed by atoms with Crippen LogP contribution in [0.15, 0.2) is 5.51 Å². The van der Waals surface area contributed by atoms with Crippen molar-refractivity contribution in [2.75, 3.05) is 5.73 Å². The Bertz CT molecular complexity index is 392. The lowest BCUT2D eigenvalue weighted by atomic mass is 10.4. The highest BCUT2D eigenvalue weighted by atomic mass is 32.1. The smallest absolute Gasteiger partial charge is 0.232 e. The van der Waals surface area contributed by atoms with Gasteiger partial charge in [-0.05, 0) is 18.5 Å². The van der Waals surface area contributed by atoms with Crippen molar-refractivity contribution in [3.8, 4) is 9.88 Å². The highest BCUT2D eigenvalue weighted by Crippen LogP contribution is 2.28. The van der Waals surface area contributed by atoms with Crippen LogP contribution >= 0.6 is 22.9 Å². The molecule has 0 aromatic carbocycles. The van der Waals surface area contributed by atoms with E-state index in [9.17, 15) is 0 Å². The van der Waals surface area contributed by atoms with E-state index in [0.717, 1.165) is 15.6 Å². The van der Waals surface area contributed by atoms with Crippen LogP contribution in [-0.2, 0) is 0 Å². The van der Waals surface area contributed by atoms with Crippen molar-refractivity contribution in [1.82, 2.24) is 14.3 Å². The molecule has 12 heavy (non-hydrogen) atoms. The second-order valence-corrected chi connectivity index (χ2v) is 3.83. The molecule has 2 aromatic heterocycles. The molecule has 0 spiro atoms. The SMILES string of the molecule is Cc1ncsc1-c1nc(N)ns1. The summed E-state index contributed by atoms with van der Waals surface area (Å²) in [6.45, 7) is 1.95. The van der Waals surface area contributed by atoms with Crippen molar-refractivity contribution >= 4 is 28.8 Å². The molecule has 0 radical (unpaired) electrons. The fraction of sp³-hybridized carbons (Fsp3) is 0.167. The van der Waals surface area contributed by atoms with Crippen LogP contribution in [0, 0.1) is 6.92 Å². The molecule has 2 aromatic rings. The van der Waals surface area contributed by atoms with E-state index in [4.69, 9.17) is 5.73 Å². The molecule has 0 amide bonds. The summed E-state index contributed by atoms with van der Waals surface area (Å²) in [7, 11) is 0. The summed E-state index contributed by atoms with van der Waals surface area (Å²) in [5.74, 6) is 0.336. The number of nitrogens with two attached hydrogens (primary N) is 1. The molecule has 62 valence electrons. The lowest BCUT2D eigenvalue weighted by Crippen LogP contribution is -1.85. The van der Waals surface area contributed by atoms with Crippen molar-refractivity contribution in [3.05, 3.63) is 11.2 Å². The highest BCUT2D eigenvalue weighted by Gasteiger charge is 2.08. The number of thiazole rings is 1. The van der Waals surface area contributed by atoms with Crippen LogP contribution in [-0.4, -0.2) is 14.3 Å². The molecule has 2 heterocycles. The molecule has 0 atom stereocenters. The van der Waals surface area contributed by atoms with Gasteiger partial charge in [-0.3, -0.25) is 0 Å². The van der Waals surface area contributed by atoms with Crippen LogP contribution in [0.25, 0.3) is 9.88 Å². The minimum Gasteiger partial charge on any atom is -0.367 e. The molecule has 2 N–H and O–H groups in total. The predicted molar refractivity (Wildman–Crippen MR) is 50.2 cm³/mol. The van der Waals surface area contributed by atoms with Gasteiger partial charge < -0.3 is 5.73 Å². The molecule has 0 saturated heterocycles. The van der Waals surface area contributed by atoms with Crippen molar-refractivity contribution in [2.24, 2.45) is 0 Å². The Morgan fingerprint density at radius 3 is 2.83 bits per heavy atom. The lowest BCUT2D eigenvalue weighted by molar-refractivity contribution is 1.26. The van der Waals surface area contributed by atoms with Gasteiger partial charge in [0.05, 0.1) is 16.1 Å². The molecule has 0 unspecified atom stereocenters. The van der Waals surface area contributed by atoms with Crippen molar-refractivity contribution in [2.45, 2.75) is 6.92 Å². The average molecular weight is 198 g/mol. The van der Waals surface area contributed by atoms with Crippen molar-refractivity contribution in [1.29, 1.82) is 0 Å². The maximum Gasteiger partial charge on any atom is 0.232 e. The van der Waals surface area contributed by atoms with Gasteiger partial charge in [0.15, 0.2) is 5.01 Å². The monoisotopic (exact) mass is 198 g/mol. The van der Waals surface area contributed by atoms with Gasteiger partial charge in [0.2, 0.25) is 5.95 Å². The molecule has 2 rings (SSSR count). The molecule has 0 aliphatic rings. The van der Waals surface area contributed by atoms with Gasteiger partial charge in [-0.2, -0.15) is 9.36 Å². The fourth-order valence-corrected chi connectivity index (χ4v) is 2.36. The largest absolute Gasteiger partial charge is 0.367 e. The molecule has 0 saturated carbocycles. The molecule has 0 aliphatic carbocycles. The zero-order chi connectivity index (χ0) is 8.55. The number of anilines is 1. The van der Waals surface area contributed by atoms with E-state index in [-0.39, 0.29) is 0 Å². The number of aromatic nitrogens is 3. The second kappa shape index (κ2) is 2.80. The fourth-order valence-electron chi connectivity index (χ4n) is 0.834. The third-order valence-electron chi connectivity index (χ3n) is 1.38. The van der Waals surface area contributed by atoms with Gasteiger partial charge in [-0.15, -0.1) is 11.3 Å². The Morgan fingerprint density at radius 2 is 2.33 bits per heavy atom. The summed E-state index contributed by atoms with van der Waals surface area (Å²) < 4.78 is 3.90. The first-order valence-electron chi connectivity index (χ1n) is 3.27. The molecule has 6 heteroatoms. The molecular formula is C6H6N4S2. The maximum absolute atomic E-state index is 5.41. The quantitative estimate of drug-likeness (QED) is 0.755. The van der Waals surface area contributed by atoms with Crippen LogP contribution in [0.5, 0.6) is 0 Å². The van der Waals surface area contributed by atoms with E-state index < -0.39 is 0 Å². The Kier molecular flexibility index (Phi) is 1.78. The van der Waals surface area contributed by atoms with Gasteiger partial charge in [0.25, 0.3) is 0 Å². The third kappa shape index (κ3) is 1.19. The molecule has 0 aliphatic heterocycles. The minimum atomic E-state index is 0.336. The number of aryl methyl sites for hydroxylation is 1. The van der Waals surface area contributed by atoms with Crippen LogP contribution in [0.3, 0.4) is 0 Å². The number of hydrogen-bond acceptors (Lipinski definition) is 6. The van der Waals surface area contributed by atoms with Gasteiger partial charge in [-0.25, -0.2) is 4.98 Å². The zero-order valence-corrected chi connectivity index (χ0v) is 7.95. The molecule has 0 bridgehead atoms. The minimum absolute atomic E-state index is 0.336. The maximum atomic E-state index is 5.41. The summed E-state index contributed by atoms with van der Waals surface area (Å²) >= 11 is 2.86. The number of nitrogens with zero attached hydrogens (tertiary/aromatic N) is 3. The summed E-state index contributed by atoms with van der Waals surface area (Å²) in [4.78, 5) is 9.25. The summed E-state index contributed by atoms with van der Waals surface area (Å²) in [6.07, 6.45) is 0. The van der Waals surface area contributed by atoms with Gasteiger partial charge in [0, 0.05) is 0 Å². The van der Waals surface area contributed by atoms with Gasteiger partial charge >= 0.3 is 0 Å². The highest BCUT2D eigenvalue weighted by molar-refractivity contribution is 7.18. The molecule has 4 nitrogen and oxygen atoms in total. The van der Waals surface area contributed by atoms with Crippen molar-refractivity contribution in [3.63, 3.8) is 0 Å². The summed E-state index contributed by atoms with van der Waals surface area (Å²) in [5.41, 5.74) is 8.18. The Balaban J connectivity index is 2.50. The lowest BCUT2D eigenvalue weighted by Gasteiger charge is -1.87. The van der Waals surface area contributed by atoms with E-state index in [0.29, 0.717) is 5.95 Å². The standard InChI is InChI=1S/C6H6N4S2/c1-3-4(11-2-8-3)5-9-6(7)10-12-5/h2H,1H3,(H2,7,10). The number of hydrogen-bond donors (Lipinski definition) is 1. The van der Waals surface area contributed by atoms with E-state index in [1.54, 1.807) is 16.8 Å². The first-order chi connectivity index (χ1) is 5.77. The molecular weight excluding hydrogens is 192 g/mol. The van der Waals surface area contributed by atoms with Crippen LogP contribution in [0.1, 0.15) is 5.69 Å². The first-order valence-corrected chi connectivity index (χ1v) is 4.92. The topological polar surface area (TPSA) is 64.7 Å². The number of nitrogen functional groups attached to an aromatic ring is 1.